The van der Waals surface area contributed by atoms with Gasteiger partial charge in [0, 0.05) is 0 Å². The van der Waals surface area contributed by atoms with E-state index in [1.54, 1.807) is 12.1 Å². The summed E-state index contributed by atoms with van der Waals surface area (Å²) in [6.07, 6.45) is 0. The molecule has 0 aromatic carbocycles. The van der Waals surface area contributed by atoms with E-state index in [-0.39, 0.29) is 11.0 Å². The van der Waals surface area contributed by atoms with Crippen LogP contribution in [0.15, 0.2) is 26.2 Å². The Morgan fingerprint density at radius 2 is 2.08 bits per heavy atom. The Labute approximate surface area is 146 Å². The molecule has 0 fully saturated rings. The highest BCUT2D eigenvalue weighted by Crippen LogP contribution is 2.37. The summed E-state index contributed by atoms with van der Waals surface area (Å²) in [4.78, 5) is 16.7. The highest BCUT2D eigenvalue weighted by molar-refractivity contribution is 7.99. The fraction of sp³-hybridized carbons (Fsp3) is 0.333. The molecular formula is C15H15N3O4S2. The molecule has 0 spiro atoms. The fourth-order valence-corrected chi connectivity index (χ4v) is 3.67. The van der Waals surface area contributed by atoms with E-state index in [2.05, 4.69) is 19.9 Å². The number of aromatic nitrogens is 3. The average Bonchev–Trinajstić information content (AvgIpc) is 3.26. The van der Waals surface area contributed by atoms with Gasteiger partial charge < -0.3 is 13.6 Å². The summed E-state index contributed by atoms with van der Waals surface area (Å²) in [6, 6.07) is 3.32. The van der Waals surface area contributed by atoms with E-state index in [1.165, 1.54) is 30.2 Å². The second-order valence-electron chi connectivity index (χ2n) is 4.97. The summed E-state index contributed by atoms with van der Waals surface area (Å²) in [7, 11) is 1.31. The van der Waals surface area contributed by atoms with E-state index in [1.807, 2.05) is 20.8 Å². The minimum atomic E-state index is -0.505. The zero-order valence-corrected chi connectivity index (χ0v) is 15.2. The molecule has 3 aromatic heterocycles. The van der Waals surface area contributed by atoms with Gasteiger partial charge in [0.2, 0.25) is 5.76 Å². The lowest BCUT2D eigenvalue weighted by Crippen LogP contribution is -1.98. The van der Waals surface area contributed by atoms with Crippen LogP contribution < -0.4 is 0 Å². The minimum Gasteiger partial charge on any atom is -0.463 e. The third kappa shape index (κ3) is 3.36. The summed E-state index contributed by atoms with van der Waals surface area (Å²) in [5, 5.41) is 9.43. The van der Waals surface area contributed by atoms with Gasteiger partial charge in [-0.3, -0.25) is 0 Å². The lowest BCUT2D eigenvalue weighted by molar-refractivity contribution is 0.0563. The Hall–Kier alpha value is -2.13. The van der Waals surface area contributed by atoms with Gasteiger partial charge >= 0.3 is 5.97 Å². The molecule has 1 atom stereocenters. The van der Waals surface area contributed by atoms with Crippen LogP contribution in [-0.2, 0) is 4.74 Å². The third-order valence-electron chi connectivity index (χ3n) is 3.20. The number of furan rings is 1. The quantitative estimate of drug-likeness (QED) is 0.494. The fourth-order valence-electron chi connectivity index (χ4n) is 2.07. The first-order valence-corrected chi connectivity index (χ1v) is 8.80. The largest absolute Gasteiger partial charge is 0.463 e. The van der Waals surface area contributed by atoms with Crippen LogP contribution in [0.4, 0.5) is 0 Å². The predicted molar refractivity (Wildman–Crippen MR) is 89.2 cm³/mol. The zero-order valence-electron chi connectivity index (χ0n) is 13.5. The number of thiazole rings is 1. The summed E-state index contributed by atoms with van der Waals surface area (Å²) >= 11 is 2.87. The van der Waals surface area contributed by atoms with Gasteiger partial charge in [0.05, 0.1) is 23.1 Å². The van der Waals surface area contributed by atoms with E-state index in [0.717, 1.165) is 15.6 Å². The second-order valence-corrected chi connectivity index (χ2v) is 7.47. The van der Waals surface area contributed by atoms with Crippen molar-refractivity contribution >= 4 is 29.1 Å². The van der Waals surface area contributed by atoms with Gasteiger partial charge in [0.25, 0.3) is 11.1 Å². The number of carbonyl (C=O) groups is 1. The first-order valence-electron chi connectivity index (χ1n) is 7.10. The van der Waals surface area contributed by atoms with E-state index < -0.39 is 5.97 Å². The van der Waals surface area contributed by atoms with Crippen LogP contribution in [0.25, 0.3) is 10.8 Å². The van der Waals surface area contributed by atoms with Gasteiger partial charge in [0.15, 0.2) is 0 Å². The van der Waals surface area contributed by atoms with Crippen molar-refractivity contribution < 1.29 is 18.4 Å². The van der Waals surface area contributed by atoms with Crippen molar-refractivity contribution in [1.82, 2.24) is 15.2 Å². The molecular weight excluding hydrogens is 350 g/mol. The molecule has 0 aliphatic heterocycles. The SMILES string of the molecule is COC(=O)c1ccc([C@@H](C)Sc2nnc(-c3sc(C)nc3C)o2)o1. The Morgan fingerprint density at radius 3 is 2.75 bits per heavy atom. The second kappa shape index (κ2) is 6.78. The molecule has 3 rings (SSSR count). The van der Waals surface area contributed by atoms with Crippen molar-refractivity contribution in [2.75, 3.05) is 7.11 Å². The van der Waals surface area contributed by atoms with E-state index in [9.17, 15) is 4.79 Å². The van der Waals surface area contributed by atoms with Crippen molar-refractivity contribution in [2.24, 2.45) is 0 Å². The topological polar surface area (TPSA) is 91.2 Å². The molecule has 0 saturated heterocycles. The molecule has 126 valence electrons. The molecule has 3 heterocycles. The van der Waals surface area contributed by atoms with Gasteiger partial charge in [-0.25, -0.2) is 9.78 Å². The van der Waals surface area contributed by atoms with Gasteiger partial charge in [-0.2, -0.15) is 0 Å². The summed E-state index contributed by atoms with van der Waals surface area (Å²) < 4.78 is 15.8. The molecule has 0 bridgehead atoms. The molecule has 7 nitrogen and oxygen atoms in total. The molecule has 0 aliphatic carbocycles. The summed E-state index contributed by atoms with van der Waals surface area (Å²) in [5.74, 6) is 0.754. The van der Waals surface area contributed by atoms with Crippen molar-refractivity contribution in [3.63, 3.8) is 0 Å². The van der Waals surface area contributed by atoms with Crippen molar-refractivity contribution in [3.8, 4) is 10.8 Å². The number of hydrogen-bond donors (Lipinski definition) is 0. The van der Waals surface area contributed by atoms with Gasteiger partial charge in [-0.05, 0) is 32.9 Å². The maximum absolute atomic E-state index is 11.4. The van der Waals surface area contributed by atoms with Crippen LogP contribution in [-0.4, -0.2) is 28.3 Å². The molecule has 0 amide bonds. The summed E-state index contributed by atoms with van der Waals surface area (Å²) in [5.41, 5.74) is 0.875. The predicted octanol–water partition coefficient (Wildman–Crippen LogP) is 4.04. The lowest BCUT2D eigenvalue weighted by Gasteiger charge is -2.03. The molecule has 24 heavy (non-hydrogen) atoms. The number of hydrogen-bond acceptors (Lipinski definition) is 9. The van der Waals surface area contributed by atoms with Crippen LogP contribution in [0.2, 0.25) is 0 Å². The Balaban J connectivity index is 1.73. The molecule has 0 unspecified atom stereocenters. The van der Waals surface area contributed by atoms with Crippen LogP contribution in [0.1, 0.15) is 39.2 Å². The maximum Gasteiger partial charge on any atom is 0.373 e. The van der Waals surface area contributed by atoms with Crippen LogP contribution in [0.3, 0.4) is 0 Å². The highest BCUT2D eigenvalue weighted by Gasteiger charge is 2.20. The summed E-state index contributed by atoms with van der Waals surface area (Å²) in [6.45, 7) is 5.78. The molecule has 9 heteroatoms. The number of ether oxygens (including phenoxy) is 1. The van der Waals surface area contributed by atoms with Crippen molar-refractivity contribution in [3.05, 3.63) is 34.4 Å². The number of rotatable bonds is 5. The van der Waals surface area contributed by atoms with E-state index in [4.69, 9.17) is 8.83 Å². The smallest absolute Gasteiger partial charge is 0.373 e. The van der Waals surface area contributed by atoms with Crippen molar-refractivity contribution in [1.29, 1.82) is 0 Å². The lowest BCUT2D eigenvalue weighted by atomic mass is 10.3. The van der Waals surface area contributed by atoms with Crippen LogP contribution in [0, 0.1) is 13.8 Å². The Kier molecular flexibility index (Phi) is 4.72. The Morgan fingerprint density at radius 1 is 1.29 bits per heavy atom. The van der Waals surface area contributed by atoms with Crippen LogP contribution >= 0.6 is 23.1 Å². The zero-order chi connectivity index (χ0) is 17.3. The Bertz CT molecular complexity index is 868. The molecule has 0 saturated carbocycles. The van der Waals surface area contributed by atoms with Gasteiger partial charge in [-0.1, -0.05) is 11.8 Å². The van der Waals surface area contributed by atoms with Crippen LogP contribution in [0.5, 0.6) is 0 Å². The number of carbonyl (C=O) groups excluding carboxylic acids is 1. The third-order valence-corrected chi connectivity index (χ3v) is 5.21. The van der Waals surface area contributed by atoms with Crippen molar-refractivity contribution in [2.45, 2.75) is 31.2 Å². The first-order chi connectivity index (χ1) is 11.5. The molecule has 3 aromatic rings. The number of methoxy groups -OCH3 is 1. The molecule has 0 aliphatic rings. The minimum absolute atomic E-state index is 0.0963. The normalized spacial score (nSPS) is 12.3. The van der Waals surface area contributed by atoms with Gasteiger partial charge in [0.1, 0.15) is 10.6 Å². The number of aryl methyl sites for hydroxylation is 2. The van der Waals surface area contributed by atoms with E-state index >= 15 is 0 Å². The molecule has 0 radical (unpaired) electrons. The highest BCUT2D eigenvalue weighted by atomic mass is 32.2. The number of esters is 1. The molecule has 0 N–H and O–H groups in total. The average molecular weight is 365 g/mol. The maximum atomic E-state index is 11.4. The first kappa shape index (κ1) is 16.7. The number of thioether (sulfide) groups is 1. The number of nitrogens with zero attached hydrogens (tertiary/aromatic N) is 3. The standard InChI is InChI=1S/C15H15N3O4S2/c1-7-12(24-9(3)16-7)13-17-18-15(22-13)23-8(2)10-5-6-11(21-10)14(19)20-4/h5-6,8H,1-4H3/t8-/m1/s1. The van der Waals surface area contributed by atoms with E-state index in [0.29, 0.717) is 16.9 Å². The monoisotopic (exact) mass is 365 g/mol. The van der Waals surface area contributed by atoms with Gasteiger partial charge in [-0.15, -0.1) is 21.5 Å².